The highest BCUT2D eigenvalue weighted by Crippen LogP contribution is 2.58. The zero-order valence-corrected chi connectivity index (χ0v) is 8.18. The molecule has 0 saturated heterocycles. The molecule has 70 valence electrons. The van der Waals surface area contributed by atoms with Crippen molar-refractivity contribution < 1.29 is 0 Å². The Morgan fingerprint density at radius 1 is 1.33 bits per heavy atom. The van der Waals surface area contributed by atoms with E-state index in [2.05, 4.69) is 6.92 Å². The molecular formula is C11H21N. The topological polar surface area (TPSA) is 26.0 Å². The molecule has 0 bridgehead atoms. The van der Waals surface area contributed by atoms with Gasteiger partial charge in [-0.3, -0.25) is 0 Å². The molecule has 2 unspecified atom stereocenters. The number of hydrogen-bond donors (Lipinski definition) is 1. The van der Waals surface area contributed by atoms with E-state index in [1.165, 1.54) is 38.5 Å². The number of hydrogen-bond acceptors (Lipinski definition) is 1. The van der Waals surface area contributed by atoms with Crippen molar-refractivity contribution >= 4 is 0 Å². The van der Waals surface area contributed by atoms with E-state index in [0.29, 0.717) is 0 Å². The van der Waals surface area contributed by atoms with Gasteiger partial charge in [0.1, 0.15) is 0 Å². The lowest BCUT2D eigenvalue weighted by atomic mass is 9.60. The van der Waals surface area contributed by atoms with E-state index in [4.69, 9.17) is 5.73 Å². The Bertz CT molecular complexity index is 160. The van der Waals surface area contributed by atoms with Crippen molar-refractivity contribution in [1.82, 2.24) is 0 Å². The van der Waals surface area contributed by atoms with Crippen LogP contribution in [0, 0.1) is 17.3 Å². The lowest BCUT2D eigenvalue weighted by molar-refractivity contribution is 0.0487. The second-order valence-corrected chi connectivity index (χ2v) is 4.93. The highest BCUT2D eigenvalue weighted by atomic mass is 14.6. The van der Waals surface area contributed by atoms with Crippen LogP contribution in [-0.2, 0) is 0 Å². The zero-order chi connectivity index (χ0) is 8.60. The summed E-state index contributed by atoms with van der Waals surface area (Å²) < 4.78 is 0. The van der Waals surface area contributed by atoms with Crippen molar-refractivity contribution in [2.75, 3.05) is 6.54 Å². The first-order chi connectivity index (χ1) is 5.78. The molecule has 0 aromatic heterocycles. The number of rotatable bonds is 2. The van der Waals surface area contributed by atoms with Crippen LogP contribution in [0.15, 0.2) is 0 Å². The van der Waals surface area contributed by atoms with Gasteiger partial charge >= 0.3 is 0 Å². The largest absolute Gasteiger partial charge is 0.330 e. The molecule has 2 aliphatic rings. The summed E-state index contributed by atoms with van der Waals surface area (Å²) in [5.74, 6) is 1.74. The Balaban J connectivity index is 2.03. The Hall–Kier alpha value is -0.0400. The molecule has 1 heteroatoms. The maximum absolute atomic E-state index is 5.75. The molecule has 0 amide bonds. The molecule has 0 aromatic carbocycles. The lowest BCUT2D eigenvalue weighted by Crippen LogP contribution is -2.38. The Morgan fingerprint density at radius 3 is 2.50 bits per heavy atom. The summed E-state index contributed by atoms with van der Waals surface area (Å²) in [6, 6.07) is 0. The van der Waals surface area contributed by atoms with Crippen molar-refractivity contribution in [2.24, 2.45) is 23.0 Å². The Morgan fingerprint density at radius 2 is 2.00 bits per heavy atom. The fourth-order valence-corrected chi connectivity index (χ4v) is 3.47. The molecule has 2 saturated carbocycles. The minimum Gasteiger partial charge on any atom is -0.330 e. The van der Waals surface area contributed by atoms with Gasteiger partial charge in [-0.05, 0) is 49.5 Å². The van der Waals surface area contributed by atoms with Crippen LogP contribution in [-0.4, -0.2) is 6.54 Å². The first-order valence-electron chi connectivity index (χ1n) is 5.48. The van der Waals surface area contributed by atoms with Crippen LogP contribution in [0.3, 0.4) is 0 Å². The quantitative estimate of drug-likeness (QED) is 0.672. The predicted molar refractivity (Wildman–Crippen MR) is 51.8 cm³/mol. The molecule has 0 aliphatic heterocycles. The average molecular weight is 167 g/mol. The minimum atomic E-state index is 0.771. The second kappa shape index (κ2) is 3.02. The molecule has 2 N–H and O–H groups in total. The summed E-state index contributed by atoms with van der Waals surface area (Å²) >= 11 is 0. The molecule has 2 fully saturated rings. The highest BCUT2D eigenvalue weighted by molar-refractivity contribution is 4.99. The third-order valence-electron chi connectivity index (χ3n) is 4.38. The monoisotopic (exact) mass is 167 g/mol. The molecule has 12 heavy (non-hydrogen) atoms. The summed E-state index contributed by atoms with van der Waals surface area (Å²) in [5.41, 5.74) is 6.53. The normalized spacial score (nSPS) is 35.0. The van der Waals surface area contributed by atoms with E-state index in [9.17, 15) is 0 Å². The summed E-state index contributed by atoms with van der Waals surface area (Å²) in [5, 5.41) is 0. The number of nitrogens with two attached hydrogens (primary N) is 1. The highest BCUT2D eigenvalue weighted by Gasteiger charge is 2.48. The molecule has 1 nitrogen and oxygen atoms in total. The van der Waals surface area contributed by atoms with Gasteiger partial charge in [0.2, 0.25) is 0 Å². The second-order valence-electron chi connectivity index (χ2n) is 4.93. The average Bonchev–Trinajstić information content (AvgIpc) is 2.45. The van der Waals surface area contributed by atoms with Gasteiger partial charge in [0.25, 0.3) is 0 Å². The van der Waals surface area contributed by atoms with E-state index in [0.717, 1.165) is 23.8 Å². The third-order valence-corrected chi connectivity index (χ3v) is 4.38. The third kappa shape index (κ3) is 1.10. The van der Waals surface area contributed by atoms with Crippen molar-refractivity contribution in [1.29, 1.82) is 0 Å². The Labute approximate surface area is 75.7 Å². The van der Waals surface area contributed by atoms with Gasteiger partial charge in [-0.2, -0.15) is 0 Å². The van der Waals surface area contributed by atoms with E-state index in [1.807, 2.05) is 0 Å². The van der Waals surface area contributed by atoms with Crippen LogP contribution in [0.2, 0.25) is 0 Å². The molecule has 2 aliphatic carbocycles. The molecule has 1 spiro atoms. The van der Waals surface area contributed by atoms with Crippen LogP contribution in [0.4, 0.5) is 0 Å². The standard InChI is InChI=1S/C11H21N/c1-9(8-12)10-4-2-5-11(10)6-3-7-11/h9-10H,2-8,12H2,1H3. The van der Waals surface area contributed by atoms with Gasteiger partial charge in [-0.15, -0.1) is 0 Å². The van der Waals surface area contributed by atoms with Crippen molar-refractivity contribution in [3.8, 4) is 0 Å². The minimum absolute atomic E-state index is 0.771. The van der Waals surface area contributed by atoms with Crippen molar-refractivity contribution in [3.05, 3.63) is 0 Å². The molecular weight excluding hydrogens is 146 g/mol. The van der Waals surface area contributed by atoms with E-state index in [1.54, 1.807) is 0 Å². The van der Waals surface area contributed by atoms with Gasteiger partial charge in [0.05, 0.1) is 0 Å². The molecule has 0 heterocycles. The summed E-state index contributed by atoms with van der Waals surface area (Å²) in [6.07, 6.45) is 8.91. The fraction of sp³-hybridized carbons (Fsp3) is 1.00. The molecule has 0 radical (unpaired) electrons. The van der Waals surface area contributed by atoms with Crippen LogP contribution in [0.5, 0.6) is 0 Å². The van der Waals surface area contributed by atoms with Crippen LogP contribution >= 0.6 is 0 Å². The maximum atomic E-state index is 5.75. The van der Waals surface area contributed by atoms with E-state index >= 15 is 0 Å². The van der Waals surface area contributed by atoms with Gasteiger partial charge in [0.15, 0.2) is 0 Å². The Kier molecular flexibility index (Phi) is 2.16. The van der Waals surface area contributed by atoms with Gasteiger partial charge in [0, 0.05) is 0 Å². The molecule has 2 atom stereocenters. The van der Waals surface area contributed by atoms with Gasteiger partial charge < -0.3 is 5.73 Å². The van der Waals surface area contributed by atoms with Crippen LogP contribution in [0.25, 0.3) is 0 Å². The maximum Gasteiger partial charge on any atom is -0.00486 e. The summed E-state index contributed by atoms with van der Waals surface area (Å²) in [7, 11) is 0. The SMILES string of the molecule is CC(CN)C1CCCC12CCC2. The lowest BCUT2D eigenvalue weighted by Gasteiger charge is -2.46. The molecule has 2 rings (SSSR count). The van der Waals surface area contributed by atoms with E-state index in [-0.39, 0.29) is 0 Å². The van der Waals surface area contributed by atoms with Crippen molar-refractivity contribution in [3.63, 3.8) is 0 Å². The zero-order valence-electron chi connectivity index (χ0n) is 8.18. The van der Waals surface area contributed by atoms with Gasteiger partial charge in [-0.1, -0.05) is 19.8 Å². The van der Waals surface area contributed by atoms with E-state index < -0.39 is 0 Å². The van der Waals surface area contributed by atoms with Crippen molar-refractivity contribution in [2.45, 2.75) is 45.4 Å². The first-order valence-corrected chi connectivity index (χ1v) is 5.48. The smallest absolute Gasteiger partial charge is 0.00486 e. The van der Waals surface area contributed by atoms with Gasteiger partial charge in [-0.25, -0.2) is 0 Å². The summed E-state index contributed by atoms with van der Waals surface area (Å²) in [4.78, 5) is 0. The fourth-order valence-electron chi connectivity index (χ4n) is 3.47. The predicted octanol–water partition coefficient (Wildman–Crippen LogP) is 2.55. The molecule has 0 aromatic rings. The first kappa shape index (κ1) is 8.55. The summed E-state index contributed by atoms with van der Waals surface area (Å²) in [6.45, 7) is 3.24. The van der Waals surface area contributed by atoms with Crippen LogP contribution < -0.4 is 5.73 Å². The van der Waals surface area contributed by atoms with Crippen LogP contribution in [0.1, 0.15) is 45.4 Å².